The zero-order valence-electron chi connectivity index (χ0n) is 9.05. The maximum atomic E-state index is 13.0. The fraction of sp³-hybridized carbons (Fsp3) is 0.364. The van der Waals surface area contributed by atoms with Crippen LogP contribution in [0.2, 0.25) is 5.02 Å². The number of benzene rings is 1. The second-order valence-corrected chi connectivity index (χ2v) is 4.98. The molecule has 0 spiro atoms. The second kappa shape index (κ2) is 5.06. The molecular formula is C11H13ClFNOS. The number of amides is 1. The molecule has 0 fully saturated rings. The van der Waals surface area contributed by atoms with Crippen LogP contribution < -0.4 is 5.32 Å². The van der Waals surface area contributed by atoms with E-state index in [0.717, 1.165) is 5.56 Å². The molecule has 0 aliphatic heterocycles. The van der Waals surface area contributed by atoms with Gasteiger partial charge in [-0.25, -0.2) is 4.39 Å². The van der Waals surface area contributed by atoms with Gasteiger partial charge in [-0.15, -0.1) is 0 Å². The molecule has 0 aromatic heterocycles. The summed E-state index contributed by atoms with van der Waals surface area (Å²) in [4.78, 5) is 10.7. The van der Waals surface area contributed by atoms with Gasteiger partial charge in [0, 0.05) is 12.0 Å². The van der Waals surface area contributed by atoms with Gasteiger partial charge in [0.15, 0.2) is 0 Å². The van der Waals surface area contributed by atoms with Crippen LogP contribution in [0, 0.1) is 5.82 Å². The third-order valence-corrected chi connectivity index (χ3v) is 2.83. The average molecular weight is 262 g/mol. The summed E-state index contributed by atoms with van der Waals surface area (Å²) >= 11 is 9.33. The number of carbonyl (C=O) groups is 1. The monoisotopic (exact) mass is 261 g/mol. The molecule has 0 bridgehead atoms. The quantitative estimate of drug-likeness (QED) is 0.803. The van der Waals surface area contributed by atoms with E-state index in [9.17, 15) is 9.18 Å². The number of nitrogens with one attached hydrogen (secondary N) is 1. The molecule has 0 aliphatic rings. The zero-order valence-corrected chi connectivity index (χ0v) is 10.7. The Morgan fingerprint density at radius 3 is 2.69 bits per heavy atom. The molecule has 1 amide bonds. The first-order valence-electron chi connectivity index (χ1n) is 4.75. The summed E-state index contributed by atoms with van der Waals surface area (Å²) in [6, 6.07) is 4.55. The van der Waals surface area contributed by atoms with Crippen molar-refractivity contribution in [3.05, 3.63) is 34.6 Å². The topological polar surface area (TPSA) is 29.1 Å². The summed E-state index contributed by atoms with van der Waals surface area (Å²) in [6.07, 6.45) is 0. The van der Waals surface area contributed by atoms with E-state index >= 15 is 0 Å². The summed E-state index contributed by atoms with van der Waals surface area (Å²) in [6.45, 7) is 4.28. The van der Waals surface area contributed by atoms with Crippen LogP contribution in [0.5, 0.6) is 0 Å². The van der Waals surface area contributed by atoms with Crippen LogP contribution in [0.1, 0.15) is 19.4 Å². The fourth-order valence-electron chi connectivity index (χ4n) is 1.32. The number of hydrogen-bond donors (Lipinski definition) is 2. The number of carbonyl (C=O) groups excluding carboxylic acids is 1. The third-order valence-electron chi connectivity index (χ3n) is 2.38. The van der Waals surface area contributed by atoms with Crippen LogP contribution in [0.25, 0.3) is 0 Å². The Labute approximate surface area is 105 Å². The van der Waals surface area contributed by atoms with Crippen LogP contribution in [-0.4, -0.2) is 11.8 Å². The Morgan fingerprint density at radius 2 is 2.19 bits per heavy atom. The number of rotatable bonds is 3. The largest absolute Gasteiger partial charge is 0.346 e. The highest BCUT2D eigenvalue weighted by Crippen LogP contribution is 2.26. The predicted octanol–water partition coefficient (Wildman–Crippen LogP) is 3.40. The van der Waals surface area contributed by atoms with Gasteiger partial charge in [-0.3, -0.25) is 4.79 Å². The molecule has 88 valence electrons. The molecule has 0 saturated heterocycles. The summed E-state index contributed by atoms with van der Waals surface area (Å²) in [5.74, 6) is -0.445. The van der Waals surface area contributed by atoms with E-state index < -0.39 is 5.82 Å². The molecule has 0 aliphatic carbocycles. The van der Waals surface area contributed by atoms with Gasteiger partial charge in [-0.05, 0) is 17.7 Å². The standard InChI is InChI=1S/C11H13ClFNOS/c1-11(2,6-14-10(15)16)7-3-4-9(13)8(12)5-7/h3-5H,6H2,1-2H3,(H2,14,15,16). The van der Waals surface area contributed by atoms with E-state index in [0.29, 0.717) is 6.54 Å². The normalized spacial score (nSPS) is 11.3. The SMILES string of the molecule is CC(C)(CNC(=O)S)c1ccc(F)c(Cl)c1. The van der Waals surface area contributed by atoms with Gasteiger partial charge in [-0.1, -0.05) is 44.1 Å². The molecule has 1 aromatic rings. The highest BCUT2D eigenvalue weighted by Gasteiger charge is 2.21. The lowest BCUT2D eigenvalue weighted by atomic mass is 9.84. The predicted molar refractivity (Wildman–Crippen MR) is 66.8 cm³/mol. The minimum absolute atomic E-state index is 0.0859. The molecule has 1 aromatic carbocycles. The van der Waals surface area contributed by atoms with E-state index in [4.69, 9.17) is 11.6 Å². The van der Waals surface area contributed by atoms with Crippen molar-refractivity contribution in [2.75, 3.05) is 6.54 Å². The summed E-state index contributed by atoms with van der Waals surface area (Å²) in [5.41, 5.74) is 0.538. The van der Waals surface area contributed by atoms with E-state index in [2.05, 4.69) is 17.9 Å². The molecule has 1 N–H and O–H groups in total. The van der Waals surface area contributed by atoms with E-state index in [1.54, 1.807) is 12.1 Å². The van der Waals surface area contributed by atoms with Crippen LogP contribution in [-0.2, 0) is 5.41 Å². The maximum Gasteiger partial charge on any atom is 0.276 e. The van der Waals surface area contributed by atoms with Gasteiger partial charge in [0.2, 0.25) is 0 Å². The lowest BCUT2D eigenvalue weighted by molar-refractivity contribution is 0.259. The number of hydrogen-bond acceptors (Lipinski definition) is 1. The van der Waals surface area contributed by atoms with Crippen molar-refractivity contribution in [1.82, 2.24) is 5.32 Å². The molecule has 0 unspecified atom stereocenters. The van der Waals surface area contributed by atoms with Crippen molar-refractivity contribution < 1.29 is 9.18 Å². The van der Waals surface area contributed by atoms with Gasteiger partial charge in [-0.2, -0.15) is 0 Å². The van der Waals surface area contributed by atoms with Gasteiger partial charge in [0.25, 0.3) is 5.24 Å². The van der Waals surface area contributed by atoms with Crippen molar-refractivity contribution in [3.63, 3.8) is 0 Å². The van der Waals surface area contributed by atoms with Gasteiger partial charge in [0.05, 0.1) is 5.02 Å². The molecule has 16 heavy (non-hydrogen) atoms. The Morgan fingerprint density at radius 1 is 1.56 bits per heavy atom. The Bertz CT molecular complexity index is 409. The second-order valence-electron chi connectivity index (χ2n) is 4.17. The van der Waals surface area contributed by atoms with Gasteiger partial charge in [0.1, 0.15) is 5.82 Å². The van der Waals surface area contributed by atoms with Crippen molar-refractivity contribution in [2.45, 2.75) is 19.3 Å². The minimum atomic E-state index is -0.445. The lowest BCUT2D eigenvalue weighted by Gasteiger charge is -2.25. The first-order chi connectivity index (χ1) is 7.33. The van der Waals surface area contributed by atoms with Crippen LogP contribution in [0.15, 0.2) is 18.2 Å². The third kappa shape index (κ3) is 3.39. The van der Waals surface area contributed by atoms with Crippen molar-refractivity contribution in [3.8, 4) is 0 Å². The molecule has 2 nitrogen and oxygen atoms in total. The Balaban J connectivity index is 2.88. The fourth-order valence-corrected chi connectivity index (χ4v) is 1.58. The molecule has 0 atom stereocenters. The molecule has 0 saturated carbocycles. The first kappa shape index (κ1) is 13.3. The number of thiol groups is 1. The summed E-state index contributed by atoms with van der Waals surface area (Å²) in [7, 11) is 0. The smallest absolute Gasteiger partial charge is 0.276 e. The summed E-state index contributed by atoms with van der Waals surface area (Å²) < 4.78 is 13.0. The molecule has 0 heterocycles. The highest BCUT2D eigenvalue weighted by atomic mass is 35.5. The molecule has 1 rings (SSSR count). The van der Waals surface area contributed by atoms with E-state index in [1.165, 1.54) is 6.07 Å². The van der Waals surface area contributed by atoms with Crippen molar-refractivity contribution in [1.29, 1.82) is 0 Å². The minimum Gasteiger partial charge on any atom is -0.346 e. The molecule has 0 radical (unpaired) electrons. The van der Waals surface area contributed by atoms with Crippen LogP contribution in [0.4, 0.5) is 9.18 Å². The van der Waals surface area contributed by atoms with Gasteiger partial charge >= 0.3 is 0 Å². The van der Waals surface area contributed by atoms with Gasteiger partial charge < -0.3 is 5.32 Å². The Hall–Kier alpha value is -0.740. The van der Waals surface area contributed by atoms with E-state index in [1.807, 2.05) is 13.8 Å². The van der Waals surface area contributed by atoms with Crippen LogP contribution in [0.3, 0.4) is 0 Å². The van der Waals surface area contributed by atoms with E-state index in [-0.39, 0.29) is 15.7 Å². The summed E-state index contributed by atoms with van der Waals surface area (Å²) in [5, 5.41) is 2.30. The first-order valence-corrected chi connectivity index (χ1v) is 5.58. The molecular weight excluding hydrogens is 249 g/mol. The number of halogens is 2. The maximum absolute atomic E-state index is 13.0. The Kier molecular flexibility index (Phi) is 4.21. The lowest BCUT2D eigenvalue weighted by Crippen LogP contribution is -2.34. The zero-order chi connectivity index (χ0) is 12.3. The molecule has 5 heteroatoms. The highest BCUT2D eigenvalue weighted by molar-refractivity contribution is 7.96. The van der Waals surface area contributed by atoms with Crippen molar-refractivity contribution >= 4 is 29.5 Å². The van der Waals surface area contributed by atoms with Crippen molar-refractivity contribution in [2.24, 2.45) is 0 Å². The average Bonchev–Trinajstić information content (AvgIpc) is 2.19. The van der Waals surface area contributed by atoms with Crippen LogP contribution >= 0.6 is 24.2 Å².